The summed E-state index contributed by atoms with van der Waals surface area (Å²) in [5.74, 6) is 0. The molecule has 2 N–H and O–H groups in total. The van der Waals surface area contributed by atoms with Gasteiger partial charge in [-0.25, -0.2) is 0 Å². The molecule has 0 radical (unpaired) electrons. The predicted octanol–water partition coefficient (Wildman–Crippen LogP) is 2.90. The number of benzene rings is 1. The van der Waals surface area contributed by atoms with Crippen LogP contribution in [0.4, 0.5) is 0 Å². The molecule has 1 nitrogen and oxygen atoms in total. The Hall–Kier alpha value is -0.820. The lowest BCUT2D eigenvalue weighted by Crippen LogP contribution is -1.74. The lowest BCUT2D eigenvalue weighted by molar-refractivity contribution is 0.824. The minimum Gasteiger partial charge on any atom is -0.412 e. The third kappa shape index (κ3) is 5.93. The zero-order chi connectivity index (χ0) is 8.69. The highest BCUT2D eigenvalue weighted by Gasteiger charge is 1.83. The molecule has 0 fully saturated rings. The van der Waals surface area contributed by atoms with E-state index in [0.717, 1.165) is 0 Å². The van der Waals surface area contributed by atoms with Gasteiger partial charge in [0.05, 0.1) is 0 Å². The molecule has 0 bridgehead atoms. The van der Waals surface area contributed by atoms with Gasteiger partial charge in [0.15, 0.2) is 0 Å². The molecule has 0 unspecified atom stereocenters. The van der Waals surface area contributed by atoms with Crippen molar-refractivity contribution in [2.24, 2.45) is 0 Å². The molecular formula is C11H20O. The Morgan fingerprint density at radius 3 is 1.33 bits per heavy atom. The molecule has 0 saturated heterocycles. The van der Waals surface area contributed by atoms with Gasteiger partial charge in [-0.3, -0.25) is 0 Å². The van der Waals surface area contributed by atoms with E-state index < -0.39 is 0 Å². The summed E-state index contributed by atoms with van der Waals surface area (Å²) in [7, 11) is 0. The summed E-state index contributed by atoms with van der Waals surface area (Å²) < 4.78 is 0. The lowest BCUT2D eigenvalue weighted by atomic mass is 10.1. The van der Waals surface area contributed by atoms with Crippen molar-refractivity contribution in [2.75, 3.05) is 0 Å². The smallest absolute Gasteiger partial charge is 0.0395 e. The van der Waals surface area contributed by atoms with Crippen LogP contribution in [-0.4, -0.2) is 5.48 Å². The molecule has 0 aliphatic heterocycles. The van der Waals surface area contributed by atoms with Crippen LogP contribution in [0.1, 0.15) is 31.4 Å². The molecule has 1 rings (SSSR count). The first-order valence-corrected chi connectivity index (χ1v) is 4.24. The van der Waals surface area contributed by atoms with Gasteiger partial charge >= 0.3 is 0 Å². The zero-order valence-corrected chi connectivity index (χ0v) is 8.52. The monoisotopic (exact) mass is 168 g/mol. The molecule has 0 amide bonds. The van der Waals surface area contributed by atoms with Gasteiger partial charge in [0, 0.05) is 0 Å². The second-order valence-corrected chi connectivity index (χ2v) is 2.79. The van der Waals surface area contributed by atoms with Crippen molar-refractivity contribution in [1.82, 2.24) is 0 Å². The fraction of sp³-hybridized carbons (Fsp3) is 0.455. The van der Waals surface area contributed by atoms with E-state index in [1.807, 2.05) is 0 Å². The topological polar surface area (TPSA) is 31.5 Å². The maximum absolute atomic E-state index is 2.12. The van der Waals surface area contributed by atoms with Crippen LogP contribution < -0.4 is 0 Å². The predicted molar refractivity (Wildman–Crippen MR) is 55.5 cm³/mol. The van der Waals surface area contributed by atoms with Gasteiger partial charge in [-0.1, -0.05) is 44.5 Å². The molecule has 1 aromatic rings. The third-order valence-corrected chi connectivity index (χ3v) is 1.43. The second kappa shape index (κ2) is 8.28. The highest BCUT2D eigenvalue weighted by atomic mass is 16.0. The molecule has 70 valence electrons. The number of hydrogen-bond donors (Lipinski definition) is 0. The van der Waals surface area contributed by atoms with E-state index in [0.29, 0.717) is 0 Å². The quantitative estimate of drug-likeness (QED) is 0.570. The Balaban J connectivity index is 0. The Bertz CT molecular complexity index is 173. The molecule has 1 aromatic carbocycles. The summed E-state index contributed by atoms with van der Waals surface area (Å²) in [6.07, 6.45) is 1.25. The zero-order valence-electron chi connectivity index (χ0n) is 8.52. The summed E-state index contributed by atoms with van der Waals surface area (Å²) in [6, 6.07) is 8.36. The first-order valence-electron chi connectivity index (χ1n) is 4.24. The van der Waals surface area contributed by atoms with Crippen LogP contribution in [0.3, 0.4) is 0 Å². The third-order valence-electron chi connectivity index (χ3n) is 1.43. The summed E-state index contributed by atoms with van der Waals surface area (Å²) in [4.78, 5) is 0. The molecule has 0 aliphatic rings. The van der Waals surface area contributed by atoms with Gasteiger partial charge in [0.1, 0.15) is 0 Å². The Morgan fingerprint density at radius 1 is 0.917 bits per heavy atom. The van der Waals surface area contributed by atoms with Crippen molar-refractivity contribution >= 4 is 0 Å². The molecule has 0 aromatic heterocycles. The largest absolute Gasteiger partial charge is 0.412 e. The van der Waals surface area contributed by atoms with E-state index in [9.17, 15) is 0 Å². The van der Waals surface area contributed by atoms with Crippen LogP contribution >= 0.6 is 0 Å². The fourth-order valence-corrected chi connectivity index (χ4v) is 0.663. The molecule has 0 atom stereocenters. The minimum atomic E-state index is 0. The van der Waals surface area contributed by atoms with Crippen molar-refractivity contribution in [3.63, 3.8) is 0 Å². The summed E-state index contributed by atoms with van der Waals surface area (Å²) >= 11 is 0. The molecule has 0 aliphatic carbocycles. The van der Waals surface area contributed by atoms with Crippen molar-refractivity contribution in [2.45, 2.75) is 34.1 Å². The van der Waals surface area contributed by atoms with Gasteiger partial charge in [-0.2, -0.15) is 0 Å². The normalized spacial score (nSPS) is 7.67. The van der Waals surface area contributed by atoms with E-state index in [4.69, 9.17) is 0 Å². The van der Waals surface area contributed by atoms with E-state index in [1.54, 1.807) is 0 Å². The Kier molecular flexibility index (Phi) is 9.48. The van der Waals surface area contributed by atoms with Crippen LogP contribution in [0, 0.1) is 13.8 Å². The SMILES string of the molecule is CCC.Cc1ccccc1C.O. The van der Waals surface area contributed by atoms with E-state index in [1.165, 1.54) is 17.5 Å². The average molecular weight is 168 g/mol. The summed E-state index contributed by atoms with van der Waals surface area (Å²) in [5, 5.41) is 0. The van der Waals surface area contributed by atoms with E-state index in [2.05, 4.69) is 52.0 Å². The number of rotatable bonds is 0. The molecule has 0 heterocycles. The number of aryl methyl sites for hydroxylation is 2. The van der Waals surface area contributed by atoms with Crippen molar-refractivity contribution in [3.8, 4) is 0 Å². The highest BCUT2D eigenvalue weighted by Crippen LogP contribution is 2.02. The molecular weight excluding hydrogens is 148 g/mol. The maximum Gasteiger partial charge on any atom is -0.0395 e. The van der Waals surface area contributed by atoms with Crippen LogP contribution in [0.2, 0.25) is 0 Å². The molecule has 0 spiro atoms. The lowest BCUT2D eigenvalue weighted by Gasteiger charge is -1.93. The first-order chi connectivity index (χ1) is 5.22. The van der Waals surface area contributed by atoms with Crippen molar-refractivity contribution in [1.29, 1.82) is 0 Å². The second-order valence-electron chi connectivity index (χ2n) is 2.79. The van der Waals surface area contributed by atoms with Crippen molar-refractivity contribution in [3.05, 3.63) is 35.4 Å². The summed E-state index contributed by atoms with van der Waals surface area (Å²) in [5.41, 5.74) is 2.74. The Morgan fingerprint density at radius 2 is 1.17 bits per heavy atom. The molecule has 0 saturated carbocycles. The standard InChI is InChI=1S/C8H10.C3H8.H2O/c1-7-5-3-4-6-8(7)2;1-3-2;/h3-6H,1-2H3;3H2,1-2H3;1H2. The van der Waals surface area contributed by atoms with Crippen molar-refractivity contribution < 1.29 is 5.48 Å². The minimum absolute atomic E-state index is 0. The fourth-order valence-electron chi connectivity index (χ4n) is 0.663. The van der Waals surface area contributed by atoms with Gasteiger partial charge in [-0.05, 0) is 25.0 Å². The van der Waals surface area contributed by atoms with Gasteiger partial charge in [0.2, 0.25) is 0 Å². The highest BCUT2D eigenvalue weighted by molar-refractivity contribution is 5.23. The van der Waals surface area contributed by atoms with Crippen LogP contribution in [0.5, 0.6) is 0 Å². The number of hydrogen-bond acceptors (Lipinski definition) is 0. The molecule has 1 heteroatoms. The maximum atomic E-state index is 2.12. The van der Waals surface area contributed by atoms with Gasteiger partial charge < -0.3 is 5.48 Å². The molecule has 12 heavy (non-hydrogen) atoms. The van der Waals surface area contributed by atoms with Gasteiger partial charge in [0.25, 0.3) is 0 Å². The van der Waals surface area contributed by atoms with Crippen LogP contribution in [0.25, 0.3) is 0 Å². The van der Waals surface area contributed by atoms with Gasteiger partial charge in [-0.15, -0.1) is 0 Å². The van der Waals surface area contributed by atoms with Crippen LogP contribution in [0.15, 0.2) is 24.3 Å². The van der Waals surface area contributed by atoms with E-state index in [-0.39, 0.29) is 5.48 Å². The Labute approximate surface area is 75.7 Å². The average Bonchev–Trinajstić information content (AvgIpc) is 1.97. The van der Waals surface area contributed by atoms with Crippen LogP contribution in [-0.2, 0) is 0 Å². The first kappa shape index (κ1) is 13.7. The van der Waals surface area contributed by atoms with E-state index >= 15 is 0 Å². The summed E-state index contributed by atoms with van der Waals surface area (Å²) in [6.45, 7) is 8.49.